The second-order valence-corrected chi connectivity index (χ2v) is 6.73. The van der Waals surface area contributed by atoms with Crippen LogP contribution in [0.15, 0.2) is 18.2 Å². The van der Waals surface area contributed by atoms with Crippen molar-refractivity contribution in [3.8, 4) is 5.75 Å². The number of benzene rings is 1. The van der Waals surface area contributed by atoms with E-state index < -0.39 is 5.41 Å². The van der Waals surface area contributed by atoms with Crippen molar-refractivity contribution in [2.45, 2.75) is 52.7 Å². The number of hydrogen-bond donors (Lipinski definition) is 2. The van der Waals surface area contributed by atoms with E-state index >= 15 is 0 Å². The number of aryl methyl sites for hydroxylation is 1. The fourth-order valence-electron chi connectivity index (χ4n) is 2.87. The van der Waals surface area contributed by atoms with Gasteiger partial charge in [-0.2, -0.15) is 0 Å². The van der Waals surface area contributed by atoms with Gasteiger partial charge in [0, 0.05) is 31.9 Å². The first kappa shape index (κ1) is 21.7. The molecule has 1 atom stereocenters. The van der Waals surface area contributed by atoms with Gasteiger partial charge in [-0.15, -0.1) is 12.4 Å². The quantitative estimate of drug-likeness (QED) is 0.773. The van der Waals surface area contributed by atoms with Crippen LogP contribution in [0.2, 0.25) is 0 Å². The van der Waals surface area contributed by atoms with Crippen LogP contribution in [0, 0.1) is 12.3 Å². The van der Waals surface area contributed by atoms with Crippen LogP contribution >= 0.6 is 12.4 Å². The molecular formula is C19H31ClN2O3. The molecule has 1 aromatic carbocycles. The molecule has 0 spiro atoms. The second-order valence-electron chi connectivity index (χ2n) is 6.73. The van der Waals surface area contributed by atoms with Gasteiger partial charge >= 0.3 is 0 Å². The Morgan fingerprint density at radius 3 is 2.68 bits per heavy atom. The minimum absolute atomic E-state index is 0. The monoisotopic (exact) mass is 370 g/mol. The smallest absolute Gasteiger partial charge is 0.227 e. The summed E-state index contributed by atoms with van der Waals surface area (Å²) in [5, 5.41) is 3.06. The number of rotatable bonds is 7. The third-order valence-electron chi connectivity index (χ3n) is 4.89. The topological polar surface area (TPSA) is 73.6 Å². The maximum atomic E-state index is 12.7. The normalized spacial score (nSPS) is 17.3. The molecule has 5 nitrogen and oxygen atoms in total. The lowest BCUT2D eigenvalue weighted by Gasteiger charge is -2.34. The van der Waals surface area contributed by atoms with Gasteiger partial charge in [0.15, 0.2) is 0 Å². The molecule has 0 aliphatic carbocycles. The zero-order chi connectivity index (χ0) is 17.6. The van der Waals surface area contributed by atoms with Crippen LogP contribution in [0.25, 0.3) is 0 Å². The van der Waals surface area contributed by atoms with E-state index in [2.05, 4.69) is 19.2 Å². The highest BCUT2D eigenvalue weighted by atomic mass is 35.5. The molecule has 1 fully saturated rings. The largest absolute Gasteiger partial charge is 0.490 e. The van der Waals surface area contributed by atoms with Gasteiger partial charge in [0.05, 0.1) is 11.5 Å². The van der Waals surface area contributed by atoms with Crippen molar-refractivity contribution in [1.29, 1.82) is 0 Å². The van der Waals surface area contributed by atoms with Crippen LogP contribution in [0.5, 0.6) is 5.75 Å². The molecule has 0 saturated carbocycles. The summed E-state index contributed by atoms with van der Waals surface area (Å²) in [5.74, 6) is 0.863. The van der Waals surface area contributed by atoms with Gasteiger partial charge in [0.1, 0.15) is 5.75 Å². The van der Waals surface area contributed by atoms with E-state index in [1.165, 1.54) is 0 Å². The van der Waals surface area contributed by atoms with Crippen molar-refractivity contribution in [3.05, 3.63) is 29.3 Å². The lowest BCUT2D eigenvalue weighted by molar-refractivity contribution is -0.136. The molecule has 1 unspecified atom stereocenters. The molecule has 2 rings (SSSR count). The Kier molecular flexibility index (Phi) is 8.69. The maximum Gasteiger partial charge on any atom is 0.227 e. The standard InChI is InChI=1S/C19H30N2O3.ClH/c1-4-15(3)24-17-11-14(2)5-6-16(17)12-21-18(22)19(13-20)7-9-23-10-8-19;/h5-6,11,15H,4,7-10,12-13,20H2,1-3H3,(H,21,22);1H. The summed E-state index contributed by atoms with van der Waals surface area (Å²) in [4.78, 5) is 12.7. The van der Waals surface area contributed by atoms with E-state index in [0.29, 0.717) is 39.1 Å². The SMILES string of the molecule is CCC(C)Oc1cc(C)ccc1CNC(=O)C1(CN)CCOCC1.Cl. The Morgan fingerprint density at radius 1 is 1.40 bits per heavy atom. The summed E-state index contributed by atoms with van der Waals surface area (Å²) in [6.07, 6.45) is 2.45. The number of hydrogen-bond acceptors (Lipinski definition) is 4. The highest BCUT2D eigenvalue weighted by Gasteiger charge is 2.38. The van der Waals surface area contributed by atoms with Crippen LogP contribution in [0.3, 0.4) is 0 Å². The first-order valence-electron chi connectivity index (χ1n) is 8.83. The molecule has 1 aliphatic heterocycles. The summed E-state index contributed by atoms with van der Waals surface area (Å²) in [5.41, 5.74) is 7.54. The van der Waals surface area contributed by atoms with Crippen molar-refractivity contribution in [1.82, 2.24) is 5.32 Å². The minimum Gasteiger partial charge on any atom is -0.490 e. The summed E-state index contributed by atoms with van der Waals surface area (Å²) in [6, 6.07) is 6.09. The Hall–Kier alpha value is -1.30. The van der Waals surface area contributed by atoms with Crippen LogP contribution in [0.1, 0.15) is 44.2 Å². The Bertz CT molecular complexity index is 560. The molecule has 0 aromatic heterocycles. The van der Waals surface area contributed by atoms with Gasteiger partial charge in [-0.05, 0) is 44.7 Å². The van der Waals surface area contributed by atoms with Crippen molar-refractivity contribution in [3.63, 3.8) is 0 Å². The lowest BCUT2D eigenvalue weighted by atomic mass is 9.79. The van der Waals surface area contributed by atoms with Gasteiger partial charge in [0.25, 0.3) is 0 Å². The summed E-state index contributed by atoms with van der Waals surface area (Å²) in [6.45, 7) is 8.18. The number of carbonyl (C=O) groups excluding carboxylic acids is 1. The van der Waals surface area contributed by atoms with Gasteiger partial charge in [-0.25, -0.2) is 0 Å². The van der Waals surface area contributed by atoms with E-state index in [0.717, 1.165) is 23.3 Å². The maximum absolute atomic E-state index is 12.7. The number of nitrogens with one attached hydrogen (secondary N) is 1. The van der Waals surface area contributed by atoms with Crippen LogP contribution in [-0.4, -0.2) is 31.8 Å². The predicted octanol–water partition coefficient (Wildman–Crippen LogP) is 2.97. The third kappa shape index (κ3) is 5.59. The molecule has 1 aliphatic rings. The van der Waals surface area contributed by atoms with Gasteiger partial charge in [-0.1, -0.05) is 19.1 Å². The number of carbonyl (C=O) groups is 1. The molecule has 25 heavy (non-hydrogen) atoms. The fourth-order valence-corrected chi connectivity index (χ4v) is 2.87. The van der Waals surface area contributed by atoms with Crippen molar-refractivity contribution < 1.29 is 14.3 Å². The molecule has 1 aromatic rings. The molecule has 0 bridgehead atoms. The van der Waals surface area contributed by atoms with Crippen LogP contribution in [-0.2, 0) is 16.1 Å². The zero-order valence-electron chi connectivity index (χ0n) is 15.5. The van der Waals surface area contributed by atoms with E-state index in [1.54, 1.807) is 0 Å². The minimum atomic E-state index is -0.499. The van der Waals surface area contributed by atoms with E-state index in [9.17, 15) is 4.79 Å². The molecule has 6 heteroatoms. The number of ether oxygens (including phenoxy) is 2. The van der Waals surface area contributed by atoms with Crippen LogP contribution in [0.4, 0.5) is 0 Å². The molecule has 0 radical (unpaired) electrons. The highest BCUT2D eigenvalue weighted by Crippen LogP contribution is 2.30. The van der Waals surface area contributed by atoms with Crippen molar-refractivity contribution in [2.24, 2.45) is 11.1 Å². The molecule has 1 amide bonds. The Labute approximate surface area is 157 Å². The first-order valence-corrected chi connectivity index (χ1v) is 8.83. The van der Waals surface area contributed by atoms with E-state index in [-0.39, 0.29) is 24.4 Å². The zero-order valence-corrected chi connectivity index (χ0v) is 16.3. The lowest BCUT2D eigenvalue weighted by Crippen LogP contribution is -2.49. The van der Waals surface area contributed by atoms with E-state index in [1.807, 2.05) is 25.1 Å². The van der Waals surface area contributed by atoms with E-state index in [4.69, 9.17) is 15.2 Å². The number of amides is 1. The number of nitrogens with two attached hydrogens (primary N) is 1. The molecular weight excluding hydrogens is 340 g/mol. The summed E-state index contributed by atoms with van der Waals surface area (Å²) in [7, 11) is 0. The fraction of sp³-hybridized carbons (Fsp3) is 0.632. The number of halogens is 1. The van der Waals surface area contributed by atoms with Gasteiger partial charge in [-0.3, -0.25) is 4.79 Å². The van der Waals surface area contributed by atoms with Crippen LogP contribution < -0.4 is 15.8 Å². The Morgan fingerprint density at radius 2 is 2.08 bits per heavy atom. The Balaban J connectivity index is 0.00000312. The summed E-state index contributed by atoms with van der Waals surface area (Å²) < 4.78 is 11.4. The van der Waals surface area contributed by atoms with Crippen molar-refractivity contribution >= 4 is 18.3 Å². The average Bonchev–Trinajstić information content (AvgIpc) is 2.61. The predicted molar refractivity (Wildman–Crippen MR) is 102 cm³/mol. The molecule has 3 N–H and O–H groups in total. The first-order chi connectivity index (χ1) is 11.5. The molecule has 142 valence electrons. The second kappa shape index (κ2) is 10.00. The third-order valence-corrected chi connectivity index (χ3v) is 4.89. The van der Waals surface area contributed by atoms with Crippen molar-refractivity contribution in [2.75, 3.05) is 19.8 Å². The van der Waals surface area contributed by atoms with Gasteiger partial charge in [0.2, 0.25) is 5.91 Å². The molecule has 1 heterocycles. The van der Waals surface area contributed by atoms with Gasteiger partial charge < -0.3 is 20.5 Å². The average molecular weight is 371 g/mol. The highest BCUT2D eigenvalue weighted by molar-refractivity contribution is 5.85. The summed E-state index contributed by atoms with van der Waals surface area (Å²) >= 11 is 0. The molecule has 1 saturated heterocycles.